The van der Waals surface area contributed by atoms with E-state index in [0.717, 1.165) is 12.8 Å². The molecular formula is C36H53N3O6. The number of rotatable bonds is 16. The molecule has 7 atom stereocenters. The third kappa shape index (κ3) is 6.18. The number of nitrogens with zero attached hydrogens (tertiary/aromatic N) is 3. The van der Waals surface area contributed by atoms with Gasteiger partial charge in [0.2, 0.25) is 17.7 Å². The van der Waals surface area contributed by atoms with Gasteiger partial charge in [-0.25, -0.2) is 0 Å². The van der Waals surface area contributed by atoms with E-state index in [1.54, 1.807) is 26.9 Å². The van der Waals surface area contributed by atoms with Crippen LogP contribution < -0.4 is 9.64 Å². The van der Waals surface area contributed by atoms with E-state index in [1.807, 2.05) is 58.9 Å². The molecule has 9 nitrogen and oxygen atoms in total. The summed E-state index contributed by atoms with van der Waals surface area (Å²) in [6, 6.07) is 5.69. The van der Waals surface area contributed by atoms with Gasteiger partial charge in [0.1, 0.15) is 17.4 Å². The molecule has 1 N–H and O–H groups in total. The van der Waals surface area contributed by atoms with Gasteiger partial charge >= 0.3 is 0 Å². The van der Waals surface area contributed by atoms with Gasteiger partial charge in [-0.3, -0.25) is 14.4 Å². The summed E-state index contributed by atoms with van der Waals surface area (Å²) >= 11 is 0. The van der Waals surface area contributed by atoms with Crippen LogP contribution in [0.1, 0.15) is 73.6 Å². The van der Waals surface area contributed by atoms with Crippen molar-refractivity contribution in [3.8, 4) is 5.75 Å². The highest BCUT2D eigenvalue weighted by atomic mass is 16.5. The van der Waals surface area contributed by atoms with Gasteiger partial charge in [-0.2, -0.15) is 0 Å². The summed E-state index contributed by atoms with van der Waals surface area (Å²) in [5.41, 5.74) is -1.45. The number of aliphatic hydroxyl groups excluding tert-OH is 1. The molecule has 0 aliphatic carbocycles. The van der Waals surface area contributed by atoms with Gasteiger partial charge in [0.05, 0.1) is 36.7 Å². The number of fused-ring (bicyclic) bond motifs is 1. The lowest BCUT2D eigenvalue weighted by Crippen LogP contribution is -2.60. The first kappa shape index (κ1) is 34.7. The number of carbonyl (C=O) groups excluding carboxylic acids is 3. The Morgan fingerprint density at radius 3 is 2.33 bits per heavy atom. The molecule has 4 rings (SSSR count). The molecule has 1 aromatic rings. The van der Waals surface area contributed by atoms with E-state index in [-0.39, 0.29) is 42.8 Å². The SMILES string of the molecule is C=CCN(C(=O)[C@@H]1[C@H]2C(=O)N([C@@H](CO)CC(C)C)C(C(=O)N(CC=C)C(C)CCC)C23CC[C@@]1(C)O3)c1ccc(OCC)cc1. The lowest BCUT2D eigenvalue weighted by Gasteiger charge is -2.41. The van der Waals surface area contributed by atoms with Crippen LogP contribution in [-0.4, -0.2) is 88.3 Å². The van der Waals surface area contributed by atoms with Crippen LogP contribution in [0.3, 0.4) is 0 Å². The number of hydrogen-bond donors (Lipinski definition) is 1. The predicted molar refractivity (Wildman–Crippen MR) is 176 cm³/mol. The fourth-order valence-electron chi connectivity index (χ4n) is 8.10. The van der Waals surface area contributed by atoms with Crippen LogP contribution in [-0.2, 0) is 19.1 Å². The average molecular weight is 624 g/mol. The minimum atomic E-state index is -1.18. The van der Waals surface area contributed by atoms with Crippen LogP contribution in [0.25, 0.3) is 0 Å². The Balaban J connectivity index is 1.82. The second-order valence-electron chi connectivity index (χ2n) is 13.5. The van der Waals surface area contributed by atoms with E-state index in [4.69, 9.17) is 9.47 Å². The zero-order valence-corrected chi connectivity index (χ0v) is 28.0. The summed E-state index contributed by atoms with van der Waals surface area (Å²) in [5, 5.41) is 10.6. The van der Waals surface area contributed by atoms with Gasteiger partial charge in [0.25, 0.3) is 0 Å². The van der Waals surface area contributed by atoms with E-state index < -0.39 is 35.1 Å². The molecule has 1 spiro atoms. The van der Waals surface area contributed by atoms with E-state index in [1.165, 1.54) is 0 Å². The Morgan fingerprint density at radius 2 is 1.78 bits per heavy atom. The minimum Gasteiger partial charge on any atom is -0.494 e. The van der Waals surface area contributed by atoms with Gasteiger partial charge in [0, 0.05) is 24.8 Å². The number of benzene rings is 1. The number of likely N-dealkylation sites (tertiary alicyclic amines) is 1. The van der Waals surface area contributed by atoms with Crippen molar-refractivity contribution in [2.45, 2.75) is 103 Å². The van der Waals surface area contributed by atoms with Crippen LogP contribution in [0.2, 0.25) is 0 Å². The highest BCUT2D eigenvalue weighted by molar-refractivity contribution is 6.03. The van der Waals surface area contributed by atoms with Crippen molar-refractivity contribution in [1.82, 2.24) is 9.80 Å². The molecule has 45 heavy (non-hydrogen) atoms. The summed E-state index contributed by atoms with van der Waals surface area (Å²) in [4.78, 5) is 49.3. The van der Waals surface area contributed by atoms with Crippen LogP contribution in [0.5, 0.6) is 5.75 Å². The lowest BCUT2D eigenvalue weighted by molar-refractivity contribution is -0.156. The maximum atomic E-state index is 14.8. The average Bonchev–Trinajstić information content (AvgIpc) is 3.58. The van der Waals surface area contributed by atoms with Gasteiger partial charge in [-0.05, 0) is 76.6 Å². The molecular weight excluding hydrogens is 570 g/mol. The van der Waals surface area contributed by atoms with Crippen molar-refractivity contribution in [2.75, 3.05) is 31.2 Å². The van der Waals surface area contributed by atoms with Gasteiger partial charge in [-0.15, -0.1) is 13.2 Å². The molecule has 3 aliphatic rings. The maximum absolute atomic E-state index is 14.8. The quantitative estimate of drug-likeness (QED) is 0.261. The van der Waals surface area contributed by atoms with E-state index in [2.05, 4.69) is 20.1 Å². The van der Waals surface area contributed by atoms with Crippen molar-refractivity contribution in [2.24, 2.45) is 17.8 Å². The normalized spacial score (nSPS) is 28.1. The molecule has 3 heterocycles. The standard InChI is InChI=1S/C36H53N3O6/c1-9-13-25(7)37(20-10-2)34(43)31-36-19-18-35(8,45-36)29(30(36)33(42)39(31)27(23-40)22-24(5)6)32(41)38(21-11-3)26-14-16-28(17-15-26)44-12-4/h10-11,14-17,24-25,27,29-31,40H,2-3,9,12-13,18-23H2,1,4-8H3/t25?,27-,29+,30+,31?,35-,36?/m1/s1. The Labute approximate surface area is 269 Å². The fraction of sp³-hybridized carbons (Fsp3) is 0.639. The van der Waals surface area contributed by atoms with E-state index in [0.29, 0.717) is 43.9 Å². The molecule has 9 heteroatoms. The smallest absolute Gasteiger partial charge is 0.248 e. The third-order valence-corrected chi connectivity index (χ3v) is 9.95. The summed E-state index contributed by atoms with van der Waals surface area (Å²) in [5.74, 6) is -1.54. The molecule has 0 radical (unpaired) electrons. The first-order chi connectivity index (χ1) is 21.4. The van der Waals surface area contributed by atoms with Crippen molar-refractivity contribution in [1.29, 1.82) is 0 Å². The van der Waals surface area contributed by atoms with Crippen LogP contribution in [0.15, 0.2) is 49.6 Å². The van der Waals surface area contributed by atoms with E-state index in [9.17, 15) is 19.5 Å². The Hall–Kier alpha value is -3.17. The molecule has 3 saturated heterocycles. The third-order valence-electron chi connectivity index (χ3n) is 9.95. The monoisotopic (exact) mass is 623 g/mol. The Kier molecular flexibility index (Phi) is 10.9. The zero-order valence-electron chi connectivity index (χ0n) is 28.0. The fourth-order valence-corrected chi connectivity index (χ4v) is 8.10. The molecule has 3 fully saturated rings. The first-order valence-electron chi connectivity index (χ1n) is 16.6. The number of carbonyl (C=O) groups is 3. The predicted octanol–water partition coefficient (Wildman–Crippen LogP) is 4.98. The molecule has 0 aromatic heterocycles. The molecule has 3 unspecified atom stereocenters. The molecule has 3 aliphatic heterocycles. The van der Waals surface area contributed by atoms with Gasteiger partial charge in [0.15, 0.2) is 0 Å². The van der Waals surface area contributed by atoms with Gasteiger partial charge < -0.3 is 29.3 Å². The zero-order chi connectivity index (χ0) is 33.1. The Morgan fingerprint density at radius 1 is 1.11 bits per heavy atom. The number of hydrogen-bond acceptors (Lipinski definition) is 6. The molecule has 1 aromatic carbocycles. The molecule has 2 bridgehead atoms. The summed E-state index contributed by atoms with van der Waals surface area (Å²) in [6.07, 6.45) is 6.60. The Bertz CT molecular complexity index is 1250. The summed E-state index contributed by atoms with van der Waals surface area (Å²) < 4.78 is 12.5. The number of aliphatic hydroxyl groups is 1. The maximum Gasteiger partial charge on any atom is 0.248 e. The topological polar surface area (TPSA) is 99.6 Å². The minimum absolute atomic E-state index is 0.0834. The molecule has 3 amide bonds. The van der Waals surface area contributed by atoms with Crippen molar-refractivity contribution in [3.63, 3.8) is 0 Å². The lowest BCUT2D eigenvalue weighted by atomic mass is 9.66. The van der Waals surface area contributed by atoms with Crippen molar-refractivity contribution < 1.29 is 29.0 Å². The van der Waals surface area contributed by atoms with Crippen LogP contribution in [0.4, 0.5) is 5.69 Å². The van der Waals surface area contributed by atoms with Crippen LogP contribution in [0, 0.1) is 17.8 Å². The molecule has 248 valence electrons. The number of anilines is 1. The van der Waals surface area contributed by atoms with Crippen molar-refractivity contribution >= 4 is 23.4 Å². The van der Waals surface area contributed by atoms with Crippen LogP contribution >= 0.6 is 0 Å². The largest absolute Gasteiger partial charge is 0.494 e. The summed E-state index contributed by atoms with van der Waals surface area (Å²) in [6.45, 7) is 20.6. The summed E-state index contributed by atoms with van der Waals surface area (Å²) in [7, 11) is 0. The van der Waals surface area contributed by atoms with Crippen molar-refractivity contribution in [3.05, 3.63) is 49.6 Å². The second-order valence-corrected chi connectivity index (χ2v) is 13.5. The first-order valence-corrected chi connectivity index (χ1v) is 16.6. The number of ether oxygens (including phenoxy) is 2. The van der Waals surface area contributed by atoms with Gasteiger partial charge in [-0.1, -0.05) is 39.3 Å². The van der Waals surface area contributed by atoms with E-state index >= 15 is 0 Å². The highest BCUT2D eigenvalue weighted by Gasteiger charge is 2.79. The highest BCUT2D eigenvalue weighted by Crippen LogP contribution is 2.64. The molecule has 0 saturated carbocycles. The number of amides is 3. The second kappa shape index (κ2) is 14.1.